The second-order valence-electron chi connectivity index (χ2n) is 4.25. The number of methoxy groups -OCH3 is 1. The Morgan fingerprint density at radius 1 is 1.38 bits per heavy atom. The maximum Gasteiger partial charge on any atom is 0.266 e. The summed E-state index contributed by atoms with van der Waals surface area (Å²) >= 11 is 3.03. The molecule has 0 aliphatic carbocycles. The summed E-state index contributed by atoms with van der Waals surface area (Å²) in [6.07, 6.45) is 0. The lowest BCUT2D eigenvalue weighted by atomic mass is 10.2. The molecule has 1 aromatic carbocycles. The van der Waals surface area contributed by atoms with Crippen LogP contribution >= 0.6 is 15.9 Å². The molecule has 0 amide bonds. The number of rotatable bonds is 6. The van der Waals surface area contributed by atoms with E-state index in [1.54, 1.807) is 25.3 Å². The van der Waals surface area contributed by atoms with Crippen LogP contribution in [-0.4, -0.2) is 20.6 Å². The Balaban J connectivity index is 2.28. The molecule has 2 N–H and O–H groups in total. The van der Waals surface area contributed by atoms with Crippen molar-refractivity contribution in [2.45, 2.75) is 18.1 Å². The molecule has 0 saturated carbocycles. The fourth-order valence-corrected chi connectivity index (χ4v) is 3.81. The maximum absolute atomic E-state index is 12.3. The Hall–Kier alpha value is -1.35. The third kappa shape index (κ3) is 3.85. The van der Waals surface area contributed by atoms with Crippen molar-refractivity contribution in [1.29, 1.82) is 0 Å². The van der Waals surface area contributed by atoms with Crippen LogP contribution in [0.5, 0.6) is 0 Å². The average molecular weight is 376 g/mol. The van der Waals surface area contributed by atoms with E-state index in [4.69, 9.17) is 14.3 Å². The van der Waals surface area contributed by atoms with Gasteiger partial charge >= 0.3 is 0 Å². The molecule has 1 heterocycles. The van der Waals surface area contributed by atoms with Crippen molar-refractivity contribution < 1.29 is 22.7 Å². The van der Waals surface area contributed by atoms with Crippen LogP contribution < -0.4 is 4.72 Å². The second kappa shape index (κ2) is 6.61. The molecule has 2 rings (SSSR count). The van der Waals surface area contributed by atoms with E-state index >= 15 is 0 Å². The monoisotopic (exact) mass is 375 g/mol. The van der Waals surface area contributed by atoms with E-state index in [0.29, 0.717) is 12.3 Å². The summed E-state index contributed by atoms with van der Waals surface area (Å²) in [5, 5.41) is 8.98. The molecule has 0 saturated heterocycles. The standard InChI is InChI=1S/C13H14BrNO5S/c1-19-8-9-3-2-4-10(5-9)15-21(17,18)12-6-11(7-16)20-13(12)14/h2-6,15-16H,7-8H2,1H3. The number of nitrogens with one attached hydrogen (secondary N) is 1. The van der Waals surface area contributed by atoms with E-state index in [1.807, 2.05) is 6.07 Å². The number of benzene rings is 1. The van der Waals surface area contributed by atoms with Crippen LogP contribution in [0.3, 0.4) is 0 Å². The number of halogens is 1. The molecule has 0 fully saturated rings. The predicted molar refractivity (Wildman–Crippen MR) is 80.3 cm³/mol. The molecule has 0 bridgehead atoms. The van der Waals surface area contributed by atoms with Gasteiger partial charge in [-0.3, -0.25) is 4.72 Å². The number of anilines is 1. The molecule has 0 atom stereocenters. The van der Waals surface area contributed by atoms with Gasteiger partial charge in [-0.05, 0) is 33.6 Å². The fraction of sp³-hybridized carbons (Fsp3) is 0.231. The third-order valence-corrected chi connectivity index (χ3v) is 4.88. The van der Waals surface area contributed by atoms with E-state index in [-0.39, 0.29) is 21.9 Å². The number of sulfonamides is 1. The third-order valence-electron chi connectivity index (χ3n) is 2.64. The van der Waals surface area contributed by atoms with Crippen molar-refractivity contribution in [2.24, 2.45) is 0 Å². The minimum absolute atomic E-state index is 0.0482. The van der Waals surface area contributed by atoms with Gasteiger partial charge in [-0.25, -0.2) is 8.42 Å². The topological polar surface area (TPSA) is 88.8 Å². The van der Waals surface area contributed by atoms with Crippen molar-refractivity contribution in [2.75, 3.05) is 11.8 Å². The van der Waals surface area contributed by atoms with Crippen molar-refractivity contribution in [3.05, 3.63) is 46.3 Å². The van der Waals surface area contributed by atoms with E-state index in [2.05, 4.69) is 20.7 Å². The Morgan fingerprint density at radius 3 is 2.76 bits per heavy atom. The van der Waals surface area contributed by atoms with Gasteiger partial charge in [0.2, 0.25) is 0 Å². The van der Waals surface area contributed by atoms with Crippen LogP contribution in [0.25, 0.3) is 0 Å². The molecule has 0 aliphatic heterocycles. The van der Waals surface area contributed by atoms with Gasteiger partial charge in [-0.15, -0.1) is 0 Å². The highest BCUT2D eigenvalue weighted by Gasteiger charge is 2.22. The summed E-state index contributed by atoms with van der Waals surface area (Å²) in [4.78, 5) is -0.0660. The highest BCUT2D eigenvalue weighted by atomic mass is 79.9. The molecule has 1 aromatic heterocycles. The summed E-state index contributed by atoms with van der Waals surface area (Å²) in [5.74, 6) is 0.162. The lowest BCUT2D eigenvalue weighted by Crippen LogP contribution is -2.12. The Bertz CT molecular complexity index is 726. The van der Waals surface area contributed by atoms with Crippen LogP contribution in [-0.2, 0) is 28.0 Å². The lowest BCUT2D eigenvalue weighted by molar-refractivity contribution is 0.185. The molecular formula is C13H14BrNO5S. The van der Waals surface area contributed by atoms with E-state index in [0.717, 1.165) is 5.56 Å². The first-order valence-corrected chi connectivity index (χ1v) is 8.23. The van der Waals surface area contributed by atoms with Crippen molar-refractivity contribution in [3.63, 3.8) is 0 Å². The molecule has 21 heavy (non-hydrogen) atoms. The Morgan fingerprint density at radius 2 is 2.14 bits per heavy atom. The molecular weight excluding hydrogens is 362 g/mol. The van der Waals surface area contributed by atoms with Crippen LogP contribution in [0, 0.1) is 0 Å². The normalized spacial score (nSPS) is 11.6. The lowest BCUT2D eigenvalue weighted by Gasteiger charge is -2.08. The molecule has 0 radical (unpaired) electrons. The van der Waals surface area contributed by atoms with Crippen LogP contribution in [0.15, 0.2) is 44.3 Å². The van der Waals surface area contributed by atoms with Gasteiger partial charge in [-0.1, -0.05) is 12.1 Å². The number of hydrogen-bond acceptors (Lipinski definition) is 5. The van der Waals surface area contributed by atoms with Gasteiger partial charge in [-0.2, -0.15) is 0 Å². The summed E-state index contributed by atoms with van der Waals surface area (Å²) in [6, 6.07) is 8.15. The largest absolute Gasteiger partial charge is 0.450 e. The summed E-state index contributed by atoms with van der Waals surface area (Å²) in [6.45, 7) is 0.0110. The van der Waals surface area contributed by atoms with Gasteiger partial charge in [0.1, 0.15) is 17.3 Å². The zero-order valence-electron chi connectivity index (χ0n) is 11.2. The van der Waals surface area contributed by atoms with Crippen LogP contribution in [0.1, 0.15) is 11.3 Å². The van der Waals surface area contributed by atoms with E-state index in [9.17, 15) is 8.42 Å². The maximum atomic E-state index is 12.3. The highest BCUT2D eigenvalue weighted by Crippen LogP contribution is 2.28. The SMILES string of the molecule is COCc1cccc(NS(=O)(=O)c2cc(CO)oc2Br)c1. The van der Waals surface area contributed by atoms with E-state index in [1.165, 1.54) is 6.07 Å². The zero-order chi connectivity index (χ0) is 15.5. The molecule has 8 heteroatoms. The van der Waals surface area contributed by atoms with Crippen LogP contribution in [0.2, 0.25) is 0 Å². The summed E-state index contributed by atoms with van der Waals surface area (Å²) < 4.78 is 37.2. The molecule has 114 valence electrons. The minimum atomic E-state index is -3.81. The number of ether oxygens (including phenoxy) is 1. The van der Waals surface area contributed by atoms with E-state index < -0.39 is 10.0 Å². The predicted octanol–water partition coefficient (Wildman–Crippen LogP) is 2.48. The molecule has 0 unspecified atom stereocenters. The van der Waals surface area contributed by atoms with Gasteiger partial charge in [0, 0.05) is 18.9 Å². The first kappa shape index (κ1) is 16.0. The van der Waals surface area contributed by atoms with Crippen molar-refractivity contribution >= 4 is 31.6 Å². The molecule has 0 aliphatic rings. The average Bonchev–Trinajstić information content (AvgIpc) is 2.81. The van der Waals surface area contributed by atoms with Crippen molar-refractivity contribution in [1.82, 2.24) is 0 Å². The van der Waals surface area contributed by atoms with Gasteiger partial charge in [0.15, 0.2) is 4.67 Å². The van der Waals surface area contributed by atoms with Crippen molar-refractivity contribution in [3.8, 4) is 0 Å². The smallest absolute Gasteiger partial charge is 0.266 e. The number of hydrogen-bond donors (Lipinski definition) is 2. The Kier molecular flexibility index (Phi) is 5.04. The summed E-state index contributed by atoms with van der Waals surface area (Å²) in [7, 11) is -2.24. The number of aliphatic hydroxyl groups excluding tert-OH is 1. The first-order valence-electron chi connectivity index (χ1n) is 5.96. The van der Waals surface area contributed by atoms with Gasteiger partial charge < -0.3 is 14.3 Å². The Labute approximate surface area is 130 Å². The molecule has 6 nitrogen and oxygen atoms in total. The summed E-state index contributed by atoms with van der Waals surface area (Å²) in [5.41, 5.74) is 1.27. The quantitative estimate of drug-likeness (QED) is 0.809. The zero-order valence-corrected chi connectivity index (χ0v) is 13.6. The number of furan rings is 1. The minimum Gasteiger partial charge on any atom is -0.450 e. The van der Waals surface area contributed by atoms with Gasteiger partial charge in [0.25, 0.3) is 10.0 Å². The van der Waals surface area contributed by atoms with Gasteiger partial charge in [0.05, 0.1) is 6.61 Å². The highest BCUT2D eigenvalue weighted by molar-refractivity contribution is 9.10. The molecule has 0 spiro atoms. The number of aliphatic hydroxyl groups is 1. The fourth-order valence-electron chi connectivity index (χ4n) is 1.76. The van der Waals surface area contributed by atoms with Crippen LogP contribution in [0.4, 0.5) is 5.69 Å². The molecule has 2 aromatic rings. The first-order chi connectivity index (χ1) is 9.96. The second-order valence-corrected chi connectivity index (χ2v) is 6.62.